The molecule has 1 N–H and O–H groups in total. The smallest absolute Gasteiger partial charge is 0.293 e. The Morgan fingerprint density at radius 2 is 2.21 bits per heavy atom. The molecule has 0 saturated carbocycles. The first kappa shape index (κ1) is 11.2. The molecule has 3 nitrogen and oxygen atoms in total. The molecule has 1 rings (SSSR count). The molecule has 14 heavy (non-hydrogen) atoms. The van der Waals surface area contributed by atoms with E-state index in [4.69, 9.17) is 11.6 Å². The second-order valence-corrected chi connectivity index (χ2v) is 4.40. The summed E-state index contributed by atoms with van der Waals surface area (Å²) in [5.74, 6) is -1.08. The number of amides is 1. The lowest BCUT2D eigenvalue weighted by molar-refractivity contribution is -0.116. The lowest BCUT2D eigenvalue weighted by atomic mass is 10.3. The van der Waals surface area contributed by atoms with Crippen molar-refractivity contribution in [2.24, 2.45) is 0 Å². The van der Waals surface area contributed by atoms with Crippen LogP contribution in [0.1, 0.15) is 23.0 Å². The van der Waals surface area contributed by atoms with Crippen molar-refractivity contribution in [3.8, 4) is 0 Å². The number of Topliss-reactive ketones (excluding diaryl/α,β-unsaturated/α-hetero) is 1. The van der Waals surface area contributed by atoms with Crippen LogP contribution in [-0.2, 0) is 4.79 Å². The van der Waals surface area contributed by atoms with Gasteiger partial charge in [0, 0.05) is 6.54 Å². The molecule has 0 spiro atoms. The van der Waals surface area contributed by atoms with Crippen LogP contribution in [0.3, 0.4) is 0 Å². The molecule has 0 unspecified atom stereocenters. The highest BCUT2D eigenvalue weighted by molar-refractivity contribution is 7.18. The molecular formula is C9H10ClNO2S. The van der Waals surface area contributed by atoms with E-state index in [0.717, 1.165) is 17.8 Å². The van der Waals surface area contributed by atoms with Gasteiger partial charge in [-0.3, -0.25) is 9.59 Å². The normalized spacial score (nSPS) is 9.86. The zero-order valence-corrected chi connectivity index (χ0v) is 9.24. The Balaban J connectivity index is 2.61. The van der Waals surface area contributed by atoms with Gasteiger partial charge in [0.2, 0.25) is 0 Å². The predicted octanol–water partition coefficient (Wildman–Crippen LogP) is 2.11. The van der Waals surface area contributed by atoms with Gasteiger partial charge in [-0.25, -0.2) is 0 Å². The number of hydrogen-bond donors (Lipinski definition) is 1. The van der Waals surface area contributed by atoms with Gasteiger partial charge >= 0.3 is 0 Å². The largest absolute Gasteiger partial charge is 0.349 e. The maximum atomic E-state index is 11.4. The molecular weight excluding hydrogens is 222 g/mol. The Hall–Kier alpha value is -0.870. The number of halogens is 1. The molecule has 1 heterocycles. The van der Waals surface area contributed by atoms with Crippen molar-refractivity contribution in [1.29, 1.82) is 0 Å². The molecule has 1 aromatic rings. The summed E-state index contributed by atoms with van der Waals surface area (Å²) in [4.78, 5) is 23.0. The van der Waals surface area contributed by atoms with Gasteiger partial charge in [-0.05, 0) is 18.6 Å². The fourth-order valence-corrected chi connectivity index (χ4v) is 1.85. The molecule has 0 radical (unpaired) electrons. The van der Waals surface area contributed by atoms with Crippen molar-refractivity contribution in [3.63, 3.8) is 0 Å². The fraction of sp³-hybridized carbons (Fsp3) is 0.333. The molecule has 1 amide bonds. The molecule has 0 bridgehead atoms. The van der Waals surface area contributed by atoms with Crippen molar-refractivity contribution in [3.05, 3.63) is 21.3 Å². The third kappa shape index (κ3) is 2.82. The van der Waals surface area contributed by atoms with E-state index in [1.807, 2.05) is 6.92 Å². The molecule has 0 saturated heterocycles. The molecule has 0 atom stereocenters. The van der Waals surface area contributed by atoms with Crippen molar-refractivity contribution in [2.45, 2.75) is 13.3 Å². The van der Waals surface area contributed by atoms with E-state index in [0.29, 0.717) is 15.8 Å². The maximum Gasteiger partial charge on any atom is 0.293 e. The Kier molecular flexibility index (Phi) is 4.10. The van der Waals surface area contributed by atoms with E-state index < -0.39 is 11.7 Å². The second kappa shape index (κ2) is 5.12. The molecule has 5 heteroatoms. The topological polar surface area (TPSA) is 46.2 Å². The third-order valence-corrected chi connectivity index (χ3v) is 2.77. The highest BCUT2D eigenvalue weighted by Gasteiger charge is 2.16. The number of thiophene rings is 1. The van der Waals surface area contributed by atoms with Gasteiger partial charge in [-0.2, -0.15) is 0 Å². The van der Waals surface area contributed by atoms with Gasteiger partial charge in [-0.15, -0.1) is 11.3 Å². The van der Waals surface area contributed by atoms with Crippen LogP contribution >= 0.6 is 22.9 Å². The third-order valence-electron chi connectivity index (χ3n) is 1.54. The molecule has 0 aliphatic carbocycles. The Morgan fingerprint density at radius 3 is 2.71 bits per heavy atom. The summed E-state index contributed by atoms with van der Waals surface area (Å²) in [5.41, 5.74) is 0. The zero-order chi connectivity index (χ0) is 10.6. The van der Waals surface area contributed by atoms with Crippen molar-refractivity contribution < 1.29 is 9.59 Å². The predicted molar refractivity (Wildman–Crippen MR) is 57.0 cm³/mol. The number of rotatable bonds is 4. The van der Waals surface area contributed by atoms with Crippen LogP contribution in [0.25, 0.3) is 0 Å². The number of nitrogens with one attached hydrogen (secondary N) is 1. The van der Waals surface area contributed by atoms with Gasteiger partial charge in [-0.1, -0.05) is 18.5 Å². The lowest BCUT2D eigenvalue weighted by Gasteiger charge is -1.99. The standard InChI is InChI=1S/C9H10ClNO2S/c1-2-5-11-9(13)8(12)6-3-4-7(10)14-6/h3-4H,2,5H2,1H3,(H,11,13). The molecule has 0 fully saturated rings. The highest BCUT2D eigenvalue weighted by atomic mass is 35.5. The summed E-state index contributed by atoms with van der Waals surface area (Å²) in [6.07, 6.45) is 0.810. The Labute approximate surface area is 91.1 Å². The van der Waals surface area contributed by atoms with E-state index in [2.05, 4.69) is 5.32 Å². The second-order valence-electron chi connectivity index (χ2n) is 2.69. The van der Waals surface area contributed by atoms with Gasteiger partial charge in [0.25, 0.3) is 11.7 Å². The van der Waals surface area contributed by atoms with Gasteiger partial charge < -0.3 is 5.32 Å². The summed E-state index contributed by atoms with van der Waals surface area (Å²) in [6, 6.07) is 3.16. The van der Waals surface area contributed by atoms with E-state index in [1.165, 1.54) is 0 Å². The van der Waals surface area contributed by atoms with Crippen LogP contribution in [0, 0.1) is 0 Å². The number of carbonyl (C=O) groups excluding carboxylic acids is 2. The minimum Gasteiger partial charge on any atom is -0.349 e. The average molecular weight is 232 g/mol. The number of carbonyl (C=O) groups is 2. The van der Waals surface area contributed by atoms with E-state index in [9.17, 15) is 9.59 Å². The van der Waals surface area contributed by atoms with Crippen molar-refractivity contribution >= 4 is 34.6 Å². The first-order chi connectivity index (χ1) is 6.65. The van der Waals surface area contributed by atoms with E-state index >= 15 is 0 Å². The van der Waals surface area contributed by atoms with Crippen LogP contribution in [0.15, 0.2) is 12.1 Å². The minimum absolute atomic E-state index is 0.378. The minimum atomic E-state index is -0.564. The van der Waals surface area contributed by atoms with Crippen LogP contribution in [0.5, 0.6) is 0 Å². The zero-order valence-electron chi connectivity index (χ0n) is 7.67. The van der Waals surface area contributed by atoms with E-state index in [-0.39, 0.29) is 0 Å². The van der Waals surface area contributed by atoms with Crippen LogP contribution in [0.4, 0.5) is 0 Å². The number of hydrogen-bond acceptors (Lipinski definition) is 3. The lowest BCUT2D eigenvalue weighted by Crippen LogP contribution is -2.31. The summed E-state index contributed by atoms with van der Waals surface area (Å²) >= 11 is 6.76. The Morgan fingerprint density at radius 1 is 1.50 bits per heavy atom. The van der Waals surface area contributed by atoms with Gasteiger partial charge in [0.15, 0.2) is 0 Å². The van der Waals surface area contributed by atoms with Crippen molar-refractivity contribution in [2.75, 3.05) is 6.54 Å². The number of ketones is 1. The van der Waals surface area contributed by atoms with Crippen molar-refractivity contribution in [1.82, 2.24) is 5.32 Å². The monoisotopic (exact) mass is 231 g/mol. The quantitative estimate of drug-likeness (QED) is 0.637. The fourth-order valence-electron chi connectivity index (χ4n) is 0.867. The first-order valence-electron chi connectivity index (χ1n) is 4.23. The van der Waals surface area contributed by atoms with E-state index in [1.54, 1.807) is 12.1 Å². The summed E-state index contributed by atoms with van der Waals surface area (Å²) in [7, 11) is 0. The molecule has 0 aromatic carbocycles. The van der Waals surface area contributed by atoms with Crippen LogP contribution in [0.2, 0.25) is 4.34 Å². The molecule has 0 aliphatic rings. The van der Waals surface area contributed by atoms with Crippen LogP contribution < -0.4 is 5.32 Å². The van der Waals surface area contributed by atoms with Crippen LogP contribution in [-0.4, -0.2) is 18.2 Å². The first-order valence-corrected chi connectivity index (χ1v) is 5.42. The SMILES string of the molecule is CCCNC(=O)C(=O)c1ccc(Cl)s1. The highest BCUT2D eigenvalue weighted by Crippen LogP contribution is 2.21. The van der Waals surface area contributed by atoms with Gasteiger partial charge in [0.05, 0.1) is 9.21 Å². The molecule has 1 aromatic heterocycles. The average Bonchev–Trinajstić information content (AvgIpc) is 2.60. The summed E-state index contributed by atoms with van der Waals surface area (Å²) < 4.78 is 0.511. The molecule has 0 aliphatic heterocycles. The van der Waals surface area contributed by atoms with Gasteiger partial charge in [0.1, 0.15) is 0 Å². The summed E-state index contributed by atoms with van der Waals surface area (Å²) in [5, 5.41) is 2.51. The molecule has 76 valence electrons. The Bertz CT molecular complexity index is 348. The maximum absolute atomic E-state index is 11.4. The summed E-state index contributed by atoms with van der Waals surface area (Å²) in [6.45, 7) is 2.44.